The highest BCUT2D eigenvalue weighted by Gasteiger charge is 2.01. The largest absolute Gasteiger partial charge is 0.489 e. The Morgan fingerprint density at radius 2 is 1.71 bits per heavy atom. The van der Waals surface area contributed by atoms with Crippen LogP contribution in [0.15, 0.2) is 60.7 Å². The Balaban J connectivity index is 1.91. The average molecular weight is 280 g/mol. The maximum Gasteiger partial charge on any atom is 0.158 e. The molecule has 2 aromatic carbocycles. The monoisotopic (exact) mass is 280 g/mol. The van der Waals surface area contributed by atoms with Crippen LogP contribution in [-0.4, -0.2) is 5.78 Å². The highest BCUT2D eigenvalue weighted by atomic mass is 16.5. The van der Waals surface area contributed by atoms with Gasteiger partial charge in [-0.2, -0.15) is 0 Å². The molecule has 2 aromatic rings. The van der Waals surface area contributed by atoms with Gasteiger partial charge in [0.25, 0.3) is 0 Å². The van der Waals surface area contributed by atoms with E-state index < -0.39 is 0 Å². The highest BCUT2D eigenvalue weighted by Crippen LogP contribution is 2.15. The second-order valence-corrected chi connectivity index (χ2v) is 5.23. The van der Waals surface area contributed by atoms with Gasteiger partial charge in [0.2, 0.25) is 0 Å². The number of ether oxygens (including phenoxy) is 1. The SMILES string of the molecule is CC(C)C(=O)/C=C/c1ccc(OCc2ccccc2)cc1. The number of rotatable bonds is 6. The predicted octanol–water partition coefficient (Wildman–Crippen LogP) is 4.50. The molecule has 0 aliphatic heterocycles. The molecule has 0 aromatic heterocycles. The van der Waals surface area contributed by atoms with E-state index in [1.807, 2.05) is 74.5 Å². The standard InChI is InChI=1S/C19H20O2/c1-15(2)19(20)13-10-16-8-11-18(12-9-16)21-14-17-6-4-3-5-7-17/h3-13,15H,14H2,1-2H3/b13-10+. The van der Waals surface area contributed by atoms with Gasteiger partial charge in [-0.1, -0.05) is 62.4 Å². The molecule has 0 saturated carbocycles. The van der Waals surface area contributed by atoms with Gasteiger partial charge in [0.15, 0.2) is 5.78 Å². The molecule has 108 valence electrons. The second kappa shape index (κ2) is 7.44. The lowest BCUT2D eigenvalue weighted by Gasteiger charge is -2.06. The van der Waals surface area contributed by atoms with Crippen molar-refractivity contribution in [2.45, 2.75) is 20.5 Å². The third-order valence-electron chi connectivity index (χ3n) is 3.14. The van der Waals surface area contributed by atoms with Crippen molar-refractivity contribution in [3.8, 4) is 5.75 Å². The summed E-state index contributed by atoms with van der Waals surface area (Å²) >= 11 is 0. The van der Waals surface area contributed by atoms with Crippen LogP contribution in [0.1, 0.15) is 25.0 Å². The highest BCUT2D eigenvalue weighted by molar-refractivity contribution is 5.94. The van der Waals surface area contributed by atoms with Crippen molar-refractivity contribution in [1.29, 1.82) is 0 Å². The number of carbonyl (C=O) groups is 1. The van der Waals surface area contributed by atoms with E-state index in [0.29, 0.717) is 6.61 Å². The zero-order valence-electron chi connectivity index (χ0n) is 12.5. The zero-order chi connectivity index (χ0) is 15.1. The molecule has 2 rings (SSSR count). The number of allylic oxidation sites excluding steroid dienone is 1. The van der Waals surface area contributed by atoms with E-state index in [-0.39, 0.29) is 11.7 Å². The fourth-order valence-corrected chi connectivity index (χ4v) is 1.79. The molecule has 2 nitrogen and oxygen atoms in total. The summed E-state index contributed by atoms with van der Waals surface area (Å²) in [6.45, 7) is 4.35. The van der Waals surface area contributed by atoms with Crippen LogP contribution in [0.2, 0.25) is 0 Å². The van der Waals surface area contributed by atoms with Gasteiger partial charge in [0.1, 0.15) is 12.4 Å². The van der Waals surface area contributed by atoms with Crippen LogP contribution in [0, 0.1) is 5.92 Å². The fourth-order valence-electron chi connectivity index (χ4n) is 1.79. The number of benzene rings is 2. The smallest absolute Gasteiger partial charge is 0.158 e. The van der Waals surface area contributed by atoms with Crippen LogP contribution in [0.3, 0.4) is 0 Å². The minimum absolute atomic E-state index is 0.0368. The Morgan fingerprint density at radius 1 is 1.05 bits per heavy atom. The van der Waals surface area contributed by atoms with Crippen LogP contribution < -0.4 is 4.74 Å². The van der Waals surface area contributed by atoms with E-state index in [0.717, 1.165) is 16.9 Å². The first-order valence-electron chi connectivity index (χ1n) is 7.14. The minimum Gasteiger partial charge on any atom is -0.489 e. The molecule has 0 N–H and O–H groups in total. The quantitative estimate of drug-likeness (QED) is 0.728. The Morgan fingerprint density at radius 3 is 2.33 bits per heavy atom. The number of hydrogen-bond acceptors (Lipinski definition) is 2. The maximum atomic E-state index is 11.5. The molecule has 0 atom stereocenters. The van der Waals surface area contributed by atoms with Gasteiger partial charge < -0.3 is 4.74 Å². The van der Waals surface area contributed by atoms with Gasteiger partial charge in [-0.25, -0.2) is 0 Å². The summed E-state index contributed by atoms with van der Waals surface area (Å²) in [5.74, 6) is 1.00. The van der Waals surface area contributed by atoms with E-state index in [1.54, 1.807) is 6.08 Å². The Hall–Kier alpha value is -2.35. The van der Waals surface area contributed by atoms with Crippen molar-refractivity contribution in [2.75, 3.05) is 0 Å². The molecule has 0 aliphatic carbocycles. The van der Waals surface area contributed by atoms with Crippen LogP contribution in [-0.2, 0) is 11.4 Å². The molecular formula is C19H20O2. The third kappa shape index (κ3) is 4.92. The molecule has 0 bridgehead atoms. The Kier molecular flexibility index (Phi) is 5.33. The molecule has 0 unspecified atom stereocenters. The van der Waals surface area contributed by atoms with E-state index in [9.17, 15) is 4.79 Å². The van der Waals surface area contributed by atoms with Crippen LogP contribution in [0.4, 0.5) is 0 Å². The van der Waals surface area contributed by atoms with Crippen LogP contribution in [0.25, 0.3) is 6.08 Å². The maximum absolute atomic E-state index is 11.5. The number of hydrogen-bond donors (Lipinski definition) is 0. The fraction of sp³-hybridized carbons (Fsp3) is 0.211. The van der Waals surface area contributed by atoms with Gasteiger partial charge in [-0.15, -0.1) is 0 Å². The zero-order valence-corrected chi connectivity index (χ0v) is 12.5. The van der Waals surface area contributed by atoms with Gasteiger partial charge >= 0.3 is 0 Å². The number of carbonyl (C=O) groups excluding carboxylic acids is 1. The lowest BCUT2D eigenvalue weighted by molar-refractivity contribution is -0.117. The van der Waals surface area contributed by atoms with E-state index >= 15 is 0 Å². The van der Waals surface area contributed by atoms with Crippen LogP contribution in [0.5, 0.6) is 5.75 Å². The summed E-state index contributed by atoms with van der Waals surface area (Å²) in [5.41, 5.74) is 2.14. The molecule has 0 spiro atoms. The first kappa shape index (κ1) is 15.0. The molecule has 0 aliphatic rings. The summed E-state index contributed by atoms with van der Waals surface area (Å²) in [4.78, 5) is 11.5. The average Bonchev–Trinajstić information content (AvgIpc) is 2.52. The molecular weight excluding hydrogens is 260 g/mol. The van der Waals surface area contributed by atoms with E-state index in [4.69, 9.17) is 4.74 Å². The van der Waals surface area contributed by atoms with E-state index in [2.05, 4.69) is 0 Å². The second-order valence-electron chi connectivity index (χ2n) is 5.23. The lowest BCUT2D eigenvalue weighted by atomic mass is 10.1. The Labute approximate surface area is 126 Å². The predicted molar refractivity (Wildman–Crippen MR) is 86.1 cm³/mol. The van der Waals surface area contributed by atoms with E-state index in [1.165, 1.54) is 0 Å². The van der Waals surface area contributed by atoms with Gasteiger partial charge in [-0.05, 0) is 29.3 Å². The van der Waals surface area contributed by atoms with Crippen LogP contribution >= 0.6 is 0 Å². The minimum atomic E-state index is 0.0368. The van der Waals surface area contributed by atoms with Crippen molar-refractivity contribution in [3.05, 3.63) is 71.8 Å². The first-order valence-corrected chi connectivity index (χ1v) is 7.14. The molecule has 2 heteroatoms. The van der Waals surface area contributed by atoms with Gasteiger partial charge in [0.05, 0.1) is 0 Å². The first-order chi connectivity index (χ1) is 10.1. The van der Waals surface area contributed by atoms with Gasteiger partial charge in [0, 0.05) is 5.92 Å². The Bertz CT molecular complexity index is 595. The molecule has 0 fully saturated rings. The molecule has 0 radical (unpaired) electrons. The topological polar surface area (TPSA) is 26.3 Å². The van der Waals surface area contributed by atoms with Crippen molar-refractivity contribution >= 4 is 11.9 Å². The van der Waals surface area contributed by atoms with Crippen molar-refractivity contribution < 1.29 is 9.53 Å². The molecule has 0 heterocycles. The molecule has 0 amide bonds. The summed E-state index contributed by atoms with van der Waals surface area (Å²) in [7, 11) is 0. The lowest BCUT2D eigenvalue weighted by Crippen LogP contribution is -2.01. The summed E-state index contributed by atoms with van der Waals surface area (Å²) < 4.78 is 5.72. The third-order valence-corrected chi connectivity index (χ3v) is 3.14. The number of ketones is 1. The summed E-state index contributed by atoms with van der Waals surface area (Å²) in [5, 5.41) is 0. The van der Waals surface area contributed by atoms with Gasteiger partial charge in [-0.3, -0.25) is 4.79 Å². The van der Waals surface area contributed by atoms with Crippen molar-refractivity contribution in [3.63, 3.8) is 0 Å². The summed E-state index contributed by atoms with van der Waals surface area (Å²) in [6.07, 6.45) is 3.47. The normalized spacial score (nSPS) is 11.0. The van der Waals surface area contributed by atoms with Crippen molar-refractivity contribution in [1.82, 2.24) is 0 Å². The summed E-state index contributed by atoms with van der Waals surface area (Å²) in [6, 6.07) is 17.8. The van der Waals surface area contributed by atoms with Crippen molar-refractivity contribution in [2.24, 2.45) is 5.92 Å². The molecule has 21 heavy (non-hydrogen) atoms. The molecule has 0 saturated heterocycles.